The van der Waals surface area contributed by atoms with Crippen LogP contribution < -0.4 is 5.32 Å². The second kappa shape index (κ2) is 4.54. The Balaban J connectivity index is 1.93. The fourth-order valence-corrected chi connectivity index (χ4v) is 1.71. The fourth-order valence-electron chi connectivity index (χ4n) is 0.955. The summed E-state index contributed by atoms with van der Waals surface area (Å²) in [5.74, 6) is -0.00114. The van der Waals surface area contributed by atoms with Crippen LogP contribution in [0.15, 0.2) is 26.6 Å². The molecule has 7 heteroatoms. The molecule has 2 aromatic heterocycles. The van der Waals surface area contributed by atoms with Crippen molar-refractivity contribution in [2.45, 2.75) is 6.54 Å². The predicted octanol–water partition coefficient (Wildman–Crippen LogP) is 1.82. The van der Waals surface area contributed by atoms with Crippen molar-refractivity contribution in [2.75, 3.05) is 0 Å². The third-order valence-corrected chi connectivity index (χ3v) is 2.61. The van der Waals surface area contributed by atoms with Crippen LogP contribution in [-0.4, -0.2) is 15.5 Å². The monoisotopic (exact) mass is 287 g/mol. The van der Waals surface area contributed by atoms with E-state index < -0.39 is 0 Å². The summed E-state index contributed by atoms with van der Waals surface area (Å²) >= 11 is 4.37. The van der Waals surface area contributed by atoms with Gasteiger partial charge in [0.25, 0.3) is 5.91 Å². The first kappa shape index (κ1) is 10.3. The second-order valence-corrected chi connectivity index (χ2v) is 4.07. The van der Waals surface area contributed by atoms with E-state index in [0.29, 0.717) is 11.2 Å². The molecule has 1 amide bonds. The fraction of sp³-hybridized carbons (Fsp3) is 0.125. The van der Waals surface area contributed by atoms with Crippen LogP contribution in [0.5, 0.6) is 0 Å². The minimum absolute atomic E-state index is 0.269. The Kier molecular flexibility index (Phi) is 3.12. The van der Waals surface area contributed by atoms with E-state index in [-0.39, 0.29) is 11.7 Å². The average Bonchev–Trinajstić information content (AvgIpc) is 2.84. The second-order valence-electron chi connectivity index (χ2n) is 2.68. The van der Waals surface area contributed by atoms with Crippen LogP contribution >= 0.6 is 27.5 Å². The molecule has 0 atom stereocenters. The van der Waals surface area contributed by atoms with Gasteiger partial charge < -0.3 is 9.73 Å². The molecular weight excluding hydrogens is 282 g/mol. The molecule has 0 aliphatic rings. The summed E-state index contributed by atoms with van der Waals surface area (Å²) in [4.78, 5) is 11.5. The summed E-state index contributed by atoms with van der Waals surface area (Å²) in [7, 11) is 0. The molecule has 0 saturated heterocycles. The van der Waals surface area contributed by atoms with Gasteiger partial charge in [-0.2, -0.15) is 0 Å². The zero-order valence-corrected chi connectivity index (χ0v) is 9.84. The summed E-state index contributed by atoms with van der Waals surface area (Å²) in [6, 6.07) is 3.26. The number of amides is 1. The van der Waals surface area contributed by atoms with Crippen LogP contribution in [-0.2, 0) is 6.54 Å². The van der Waals surface area contributed by atoms with Crippen molar-refractivity contribution < 1.29 is 9.21 Å². The van der Waals surface area contributed by atoms with E-state index >= 15 is 0 Å². The normalized spacial score (nSPS) is 10.2. The Morgan fingerprint density at radius 2 is 2.47 bits per heavy atom. The van der Waals surface area contributed by atoms with Gasteiger partial charge in [-0.25, -0.2) is 0 Å². The number of aromatic nitrogens is 2. The zero-order valence-electron chi connectivity index (χ0n) is 7.44. The number of nitrogens with zero attached hydrogens (tertiary/aromatic N) is 2. The summed E-state index contributed by atoms with van der Waals surface area (Å²) in [6.07, 6.45) is 0. The van der Waals surface area contributed by atoms with Crippen molar-refractivity contribution in [2.24, 2.45) is 0 Å². The van der Waals surface area contributed by atoms with Crippen molar-refractivity contribution in [1.29, 1.82) is 0 Å². The van der Waals surface area contributed by atoms with Crippen molar-refractivity contribution >= 4 is 33.4 Å². The number of halogens is 1. The molecule has 2 heterocycles. The average molecular weight is 288 g/mol. The van der Waals surface area contributed by atoms with Gasteiger partial charge in [0.15, 0.2) is 10.4 Å². The van der Waals surface area contributed by atoms with E-state index in [1.165, 1.54) is 11.5 Å². The number of carbonyl (C=O) groups is 1. The molecule has 0 bridgehead atoms. The highest BCUT2D eigenvalue weighted by Crippen LogP contribution is 2.13. The Bertz CT molecular complexity index is 454. The lowest BCUT2D eigenvalue weighted by atomic mass is 10.4. The first-order valence-electron chi connectivity index (χ1n) is 4.05. The molecule has 5 nitrogen and oxygen atoms in total. The van der Waals surface area contributed by atoms with Crippen LogP contribution in [0, 0.1) is 0 Å². The summed E-state index contributed by atoms with van der Waals surface area (Å²) in [5, 5.41) is 8.24. The number of carbonyl (C=O) groups excluding carboxylic acids is 1. The highest BCUT2D eigenvalue weighted by atomic mass is 79.9. The van der Waals surface area contributed by atoms with Gasteiger partial charge in [-0.05, 0) is 39.6 Å². The molecule has 0 aromatic carbocycles. The van der Waals surface area contributed by atoms with Crippen LogP contribution in [0.25, 0.3) is 0 Å². The number of rotatable bonds is 3. The van der Waals surface area contributed by atoms with E-state index in [1.54, 1.807) is 17.5 Å². The minimum Gasteiger partial charge on any atom is -0.444 e. The molecule has 2 rings (SSSR count). The summed E-state index contributed by atoms with van der Waals surface area (Å²) in [5.41, 5.74) is 0.735. The van der Waals surface area contributed by atoms with E-state index in [9.17, 15) is 4.79 Å². The topological polar surface area (TPSA) is 68.0 Å². The lowest BCUT2D eigenvalue weighted by molar-refractivity contribution is 0.0921. The SMILES string of the molecule is O=C(NCc1csnn1)c1ccc(Br)o1. The molecule has 0 aliphatic heterocycles. The molecule has 0 fully saturated rings. The predicted molar refractivity (Wildman–Crippen MR) is 57.5 cm³/mol. The van der Waals surface area contributed by atoms with Gasteiger partial charge in [-0.1, -0.05) is 4.49 Å². The van der Waals surface area contributed by atoms with Gasteiger partial charge in [0, 0.05) is 5.38 Å². The van der Waals surface area contributed by atoms with Crippen molar-refractivity contribution in [1.82, 2.24) is 14.9 Å². The van der Waals surface area contributed by atoms with E-state index in [1.807, 2.05) is 0 Å². The maximum absolute atomic E-state index is 11.5. The van der Waals surface area contributed by atoms with Gasteiger partial charge in [-0.3, -0.25) is 4.79 Å². The van der Waals surface area contributed by atoms with E-state index in [4.69, 9.17) is 4.42 Å². The van der Waals surface area contributed by atoms with E-state index in [2.05, 4.69) is 30.8 Å². The lowest BCUT2D eigenvalue weighted by Crippen LogP contribution is -2.22. The van der Waals surface area contributed by atoms with Gasteiger partial charge in [0.05, 0.1) is 12.2 Å². The van der Waals surface area contributed by atoms with Crippen molar-refractivity contribution in [3.8, 4) is 0 Å². The Morgan fingerprint density at radius 1 is 1.60 bits per heavy atom. The van der Waals surface area contributed by atoms with Crippen LogP contribution in [0.4, 0.5) is 0 Å². The molecule has 0 aliphatic carbocycles. The zero-order chi connectivity index (χ0) is 10.7. The number of hydrogen-bond donors (Lipinski definition) is 1. The van der Waals surface area contributed by atoms with Gasteiger partial charge in [-0.15, -0.1) is 5.10 Å². The molecule has 0 saturated carbocycles. The maximum atomic E-state index is 11.5. The minimum atomic E-state index is -0.270. The Morgan fingerprint density at radius 3 is 3.07 bits per heavy atom. The molecular formula is C8H6BrN3O2S. The molecule has 0 radical (unpaired) electrons. The van der Waals surface area contributed by atoms with Gasteiger partial charge in [0.2, 0.25) is 0 Å². The molecule has 2 aromatic rings. The molecule has 0 spiro atoms. The quantitative estimate of drug-likeness (QED) is 0.935. The number of nitrogens with one attached hydrogen (secondary N) is 1. The number of furan rings is 1. The highest BCUT2D eigenvalue weighted by molar-refractivity contribution is 9.10. The van der Waals surface area contributed by atoms with Crippen LogP contribution in [0.1, 0.15) is 16.2 Å². The first-order chi connectivity index (χ1) is 7.25. The first-order valence-corrected chi connectivity index (χ1v) is 5.68. The Labute approximate surface area is 97.8 Å². The third-order valence-electron chi connectivity index (χ3n) is 1.63. The lowest BCUT2D eigenvalue weighted by Gasteiger charge is -1.98. The van der Waals surface area contributed by atoms with Crippen molar-refractivity contribution in [3.05, 3.63) is 33.6 Å². The number of hydrogen-bond acceptors (Lipinski definition) is 5. The van der Waals surface area contributed by atoms with Crippen molar-refractivity contribution in [3.63, 3.8) is 0 Å². The summed E-state index contributed by atoms with van der Waals surface area (Å²) < 4.78 is 9.30. The highest BCUT2D eigenvalue weighted by Gasteiger charge is 2.10. The Hall–Kier alpha value is -1.21. The smallest absolute Gasteiger partial charge is 0.287 e. The van der Waals surface area contributed by atoms with E-state index in [0.717, 1.165) is 5.69 Å². The molecule has 78 valence electrons. The third kappa shape index (κ3) is 2.63. The maximum Gasteiger partial charge on any atom is 0.287 e. The largest absolute Gasteiger partial charge is 0.444 e. The van der Waals surface area contributed by atoms with Gasteiger partial charge in [0.1, 0.15) is 0 Å². The summed E-state index contributed by atoms with van der Waals surface area (Å²) in [6.45, 7) is 0.355. The molecule has 15 heavy (non-hydrogen) atoms. The molecule has 0 unspecified atom stereocenters. The van der Waals surface area contributed by atoms with Crippen LogP contribution in [0.2, 0.25) is 0 Å². The van der Waals surface area contributed by atoms with Gasteiger partial charge >= 0.3 is 0 Å². The van der Waals surface area contributed by atoms with Crippen LogP contribution in [0.3, 0.4) is 0 Å². The molecule has 1 N–H and O–H groups in total. The standard InChI is InChI=1S/C8H6BrN3O2S/c9-7-2-1-6(14-7)8(13)10-3-5-4-15-12-11-5/h1-2,4H,3H2,(H,10,13).